The first-order chi connectivity index (χ1) is 9.08. The van der Waals surface area contributed by atoms with Crippen molar-refractivity contribution in [1.82, 2.24) is 10.6 Å². The second kappa shape index (κ2) is 8.20. The molecule has 0 aromatic rings. The summed E-state index contributed by atoms with van der Waals surface area (Å²) in [6.07, 6.45) is 4.88. The molecule has 4 nitrogen and oxygen atoms in total. The van der Waals surface area contributed by atoms with Crippen molar-refractivity contribution in [3.05, 3.63) is 12.7 Å². The average Bonchev–Trinajstić information content (AvgIpc) is 2.84. The van der Waals surface area contributed by atoms with Crippen LogP contribution in [0.25, 0.3) is 0 Å². The van der Waals surface area contributed by atoms with E-state index in [0.29, 0.717) is 18.4 Å². The third-order valence-electron chi connectivity index (χ3n) is 3.72. The first kappa shape index (κ1) is 16.0. The maximum absolute atomic E-state index is 11.8. The van der Waals surface area contributed by atoms with Gasteiger partial charge < -0.3 is 15.4 Å². The SMILES string of the molecule is C=CC[C@H](CC)NC(=O)NC[C@@H]1CCO[C@H]1C(C)C. The zero-order chi connectivity index (χ0) is 14.3. The molecule has 1 aliphatic rings. The number of carbonyl (C=O) groups is 1. The molecule has 19 heavy (non-hydrogen) atoms. The van der Waals surface area contributed by atoms with Crippen molar-refractivity contribution in [2.24, 2.45) is 11.8 Å². The number of urea groups is 1. The van der Waals surface area contributed by atoms with E-state index in [-0.39, 0.29) is 18.2 Å². The Morgan fingerprint density at radius 2 is 2.26 bits per heavy atom. The van der Waals surface area contributed by atoms with E-state index >= 15 is 0 Å². The summed E-state index contributed by atoms with van der Waals surface area (Å²) in [5.41, 5.74) is 0. The second-order valence-corrected chi connectivity index (χ2v) is 5.61. The fraction of sp³-hybridized carbons (Fsp3) is 0.800. The Bertz CT molecular complexity index is 292. The first-order valence-corrected chi connectivity index (χ1v) is 7.35. The minimum Gasteiger partial charge on any atom is -0.378 e. The molecule has 4 heteroatoms. The van der Waals surface area contributed by atoms with Crippen molar-refractivity contribution < 1.29 is 9.53 Å². The van der Waals surface area contributed by atoms with Gasteiger partial charge in [-0.3, -0.25) is 0 Å². The van der Waals surface area contributed by atoms with Crippen LogP contribution in [0.2, 0.25) is 0 Å². The predicted octanol–water partition coefficient (Wildman–Crippen LogP) is 2.70. The summed E-state index contributed by atoms with van der Waals surface area (Å²) < 4.78 is 5.72. The van der Waals surface area contributed by atoms with Gasteiger partial charge in [0.25, 0.3) is 0 Å². The number of carbonyl (C=O) groups excluding carboxylic acids is 1. The molecule has 2 amide bonds. The molecule has 110 valence electrons. The van der Waals surface area contributed by atoms with Gasteiger partial charge in [0.15, 0.2) is 0 Å². The summed E-state index contributed by atoms with van der Waals surface area (Å²) in [7, 11) is 0. The Hall–Kier alpha value is -1.03. The Labute approximate surface area is 117 Å². The van der Waals surface area contributed by atoms with Gasteiger partial charge in [0.2, 0.25) is 0 Å². The Balaban J connectivity index is 2.31. The van der Waals surface area contributed by atoms with Crippen LogP contribution >= 0.6 is 0 Å². The number of hydrogen-bond donors (Lipinski definition) is 2. The van der Waals surface area contributed by atoms with E-state index in [0.717, 1.165) is 25.9 Å². The van der Waals surface area contributed by atoms with E-state index in [1.807, 2.05) is 6.08 Å². The first-order valence-electron chi connectivity index (χ1n) is 7.35. The topological polar surface area (TPSA) is 50.4 Å². The van der Waals surface area contributed by atoms with Gasteiger partial charge in [-0.15, -0.1) is 6.58 Å². The van der Waals surface area contributed by atoms with Crippen molar-refractivity contribution in [3.63, 3.8) is 0 Å². The summed E-state index contributed by atoms with van der Waals surface area (Å²) >= 11 is 0. The number of ether oxygens (including phenoxy) is 1. The standard InChI is InChI=1S/C15H28N2O2/c1-5-7-13(6-2)17-15(18)16-10-12-8-9-19-14(12)11(3)4/h5,11-14H,1,6-10H2,2-4H3,(H2,16,17,18)/t12-,13-,14-/m0/s1. The van der Waals surface area contributed by atoms with E-state index in [4.69, 9.17) is 4.74 Å². The Morgan fingerprint density at radius 3 is 2.84 bits per heavy atom. The molecule has 2 N–H and O–H groups in total. The van der Waals surface area contributed by atoms with Crippen LogP contribution in [0.3, 0.4) is 0 Å². The van der Waals surface area contributed by atoms with E-state index in [1.54, 1.807) is 0 Å². The molecule has 1 rings (SSSR count). The summed E-state index contributed by atoms with van der Waals surface area (Å²) in [6, 6.07) is 0.0985. The van der Waals surface area contributed by atoms with Gasteiger partial charge in [-0.25, -0.2) is 4.79 Å². The lowest BCUT2D eigenvalue weighted by molar-refractivity contribution is 0.0545. The normalized spacial score (nSPS) is 24.2. The number of rotatable bonds is 7. The maximum atomic E-state index is 11.8. The van der Waals surface area contributed by atoms with Gasteiger partial charge in [-0.1, -0.05) is 26.8 Å². The molecular formula is C15H28N2O2. The fourth-order valence-electron chi connectivity index (χ4n) is 2.60. The molecule has 0 saturated carbocycles. The highest BCUT2D eigenvalue weighted by Gasteiger charge is 2.30. The predicted molar refractivity (Wildman–Crippen MR) is 78.1 cm³/mol. The second-order valence-electron chi connectivity index (χ2n) is 5.61. The summed E-state index contributed by atoms with van der Waals surface area (Å²) in [4.78, 5) is 11.8. The fourth-order valence-corrected chi connectivity index (χ4v) is 2.60. The van der Waals surface area contributed by atoms with Gasteiger partial charge in [0.1, 0.15) is 0 Å². The highest BCUT2D eigenvalue weighted by molar-refractivity contribution is 5.74. The molecule has 1 saturated heterocycles. The van der Waals surface area contributed by atoms with Crippen LogP contribution in [-0.4, -0.2) is 31.3 Å². The van der Waals surface area contributed by atoms with Crippen LogP contribution < -0.4 is 10.6 Å². The van der Waals surface area contributed by atoms with Crippen LogP contribution in [-0.2, 0) is 4.74 Å². The van der Waals surface area contributed by atoms with Crippen molar-refractivity contribution in [3.8, 4) is 0 Å². The van der Waals surface area contributed by atoms with Gasteiger partial charge in [-0.2, -0.15) is 0 Å². The number of hydrogen-bond acceptors (Lipinski definition) is 2. The number of amides is 2. The molecule has 3 atom stereocenters. The van der Waals surface area contributed by atoms with E-state index in [9.17, 15) is 4.79 Å². The average molecular weight is 268 g/mol. The minimum absolute atomic E-state index is 0.0805. The van der Waals surface area contributed by atoms with Crippen LogP contribution in [0.1, 0.15) is 40.0 Å². The maximum Gasteiger partial charge on any atom is 0.315 e. The minimum atomic E-state index is -0.0805. The molecule has 1 fully saturated rings. The highest BCUT2D eigenvalue weighted by Crippen LogP contribution is 2.25. The smallest absolute Gasteiger partial charge is 0.315 e. The molecule has 0 spiro atoms. The van der Waals surface area contributed by atoms with E-state index < -0.39 is 0 Å². The van der Waals surface area contributed by atoms with Crippen molar-refractivity contribution >= 4 is 6.03 Å². The molecule has 0 aromatic carbocycles. The quantitative estimate of drug-likeness (QED) is 0.697. The lowest BCUT2D eigenvalue weighted by atomic mass is 9.93. The van der Waals surface area contributed by atoms with Crippen LogP contribution in [0.4, 0.5) is 4.79 Å². The Kier molecular flexibility index (Phi) is 6.92. The van der Waals surface area contributed by atoms with E-state index in [2.05, 4.69) is 38.0 Å². The number of nitrogens with one attached hydrogen (secondary N) is 2. The van der Waals surface area contributed by atoms with Gasteiger partial charge >= 0.3 is 6.03 Å². The molecular weight excluding hydrogens is 240 g/mol. The lowest BCUT2D eigenvalue weighted by Gasteiger charge is -2.23. The van der Waals surface area contributed by atoms with Gasteiger partial charge in [0.05, 0.1) is 6.10 Å². The van der Waals surface area contributed by atoms with Gasteiger partial charge in [0, 0.05) is 25.1 Å². The summed E-state index contributed by atoms with van der Waals surface area (Å²) in [6.45, 7) is 11.6. The van der Waals surface area contributed by atoms with Crippen molar-refractivity contribution in [2.45, 2.75) is 52.2 Å². The van der Waals surface area contributed by atoms with Crippen LogP contribution in [0.5, 0.6) is 0 Å². The molecule has 1 heterocycles. The molecule has 0 radical (unpaired) electrons. The third kappa shape index (κ3) is 5.23. The van der Waals surface area contributed by atoms with Crippen LogP contribution in [0, 0.1) is 11.8 Å². The molecule has 0 unspecified atom stereocenters. The Morgan fingerprint density at radius 1 is 1.53 bits per heavy atom. The third-order valence-corrected chi connectivity index (χ3v) is 3.72. The van der Waals surface area contributed by atoms with Crippen molar-refractivity contribution in [1.29, 1.82) is 0 Å². The molecule has 0 aromatic heterocycles. The molecule has 1 aliphatic heterocycles. The van der Waals surface area contributed by atoms with E-state index in [1.165, 1.54) is 0 Å². The molecule has 0 bridgehead atoms. The van der Waals surface area contributed by atoms with Gasteiger partial charge in [-0.05, 0) is 25.2 Å². The zero-order valence-electron chi connectivity index (χ0n) is 12.4. The summed E-state index contributed by atoms with van der Waals surface area (Å²) in [5, 5.41) is 5.94. The zero-order valence-corrected chi connectivity index (χ0v) is 12.4. The summed E-state index contributed by atoms with van der Waals surface area (Å²) in [5.74, 6) is 0.937. The monoisotopic (exact) mass is 268 g/mol. The largest absolute Gasteiger partial charge is 0.378 e. The highest BCUT2D eigenvalue weighted by atomic mass is 16.5. The van der Waals surface area contributed by atoms with Crippen LogP contribution in [0.15, 0.2) is 12.7 Å². The van der Waals surface area contributed by atoms with Crippen molar-refractivity contribution in [2.75, 3.05) is 13.2 Å². The lowest BCUT2D eigenvalue weighted by Crippen LogP contribution is -2.44. The molecule has 0 aliphatic carbocycles.